The highest BCUT2D eigenvalue weighted by atomic mass is 16.7. The topological polar surface area (TPSA) is 153 Å². The lowest BCUT2D eigenvalue weighted by Crippen LogP contribution is -2.57. The number of carbonyl (C=O) groups is 1. The van der Waals surface area contributed by atoms with Crippen LogP contribution in [0.5, 0.6) is 0 Å². The molecule has 2 unspecified atom stereocenters. The van der Waals surface area contributed by atoms with E-state index in [1.807, 2.05) is 20.8 Å². The third-order valence-electron chi connectivity index (χ3n) is 13.0. The molecule has 11 heteroatoms. The van der Waals surface area contributed by atoms with E-state index in [4.69, 9.17) is 28.4 Å². The Morgan fingerprint density at radius 3 is 2.34 bits per heavy atom. The first-order chi connectivity index (χ1) is 22.0. The van der Waals surface area contributed by atoms with Gasteiger partial charge in [0.1, 0.15) is 0 Å². The fraction of sp³-hybridized carbons (Fsp3) is 0.972. The van der Waals surface area contributed by atoms with Crippen molar-refractivity contribution in [2.24, 2.45) is 35.5 Å². The lowest BCUT2D eigenvalue weighted by atomic mass is 9.78. The molecule has 0 aromatic heterocycles. The summed E-state index contributed by atoms with van der Waals surface area (Å²) in [4.78, 5) is 11.8. The zero-order valence-electron chi connectivity index (χ0n) is 30.0. The summed E-state index contributed by atoms with van der Waals surface area (Å²) >= 11 is 0. The molecule has 0 aromatic rings. The molecule has 5 heterocycles. The predicted octanol–water partition coefficient (Wildman–Crippen LogP) is 4.27. The van der Waals surface area contributed by atoms with Crippen LogP contribution in [0.2, 0.25) is 0 Å². The number of hydrogen-bond donors (Lipinski definition) is 4. The average Bonchev–Trinajstić information content (AvgIpc) is 3.73. The van der Waals surface area contributed by atoms with Crippen molar-refractivity contribution in [3.05, 3.63) is 0 Å². The van der Waals surface area contributed by atoms with Crippen LogP contribution < -0.4 is 0 Å². The number of carboxylic acid groups (broad SMARTS) is 1. The van der Waals surface area contributed by atoms with Gasteiger partial charge in [-0.2, -0.15) is 0 Å². The van der Waals surface area contributed by atoms with Crippen LogP contribution in [-0.4, -0.2) is 106 Å². The zero-order chi connectivity index (χ0) is 34.7. The van der Waals surface area contributed by atoms with Crippen LogP contribution in [0.1, 0.15) is 107 Å². The van der Waals surface area contributed by atoms with Gasteiger partial charge in [-0.3, -0.25) is 4.79 Å². The van der Waals surface area contributed by atoms with E-state index in [0.717, 1.165) is 32.1 Å². The lowest BCUT2D eigenvalue weighted by molar-refractivity contribution is -0.336. The molecule has 0 radical (unpaired) electrons. The highest BCUT2D eigenvalue weighted by Crippen LogP contribution is 2.55. The van der Waals surface area contributed by atoms with Gasteiger partial charge in [0.2, 0.25) is 0 Å². The number of aliphatic hydroxyl groups is 3. The average molecular weight is 671 g/mol. The summed E-state index contributed by atoms with van der Waals surface area (Å²) in [6.07, 6.45) is 2.99. The van der Waals surface area contributed by atoms with Gasteiger partial charge < -0.3 is 48.8 Å². The molecule has 5 aliphatic heterocycles. The molecule has 5 saturated heterocycles. The summed E-state index contributed by atoms with van der Waals surface area (Å²) in [7, 11) is 1.52. The SMILES string of the molecule is CC[C@@]1([C@H]2O[C@H]([C@H]3O[C@@](O)(CO)[C@H](C)CC3C)C[C@H]2C)CC[C@H]([C@@]2(C)CC[C@]3(CC(O)[C@@H](C)[C@@H]([C@H](C)[C@H](OC)[C@@H](C)C(=O)O)O3)O2)O1. The third kappa shape index (κ3) is 6.67. The standard InChI is InChI=1S/C36H62O11/c1-10-34(31-20(3)16-26(43-31)28-19(2)15-21(4)36(41,18-37)46-28)12-11-27(44-34)33(8)13-14-35(47-33)17-25(38)22(5)30(45-35)23(6)29(42-9)24(7)32(39)40/h19-31,37-38,41H,10-18H2,1-9H3,(H,39,40)/t19?,20-,21-,22-,23-,24-,25?,26+,27-,28+,29+,30+,31+,33-,34+,35-,36+/m1/s1. The van der Waals surface area contributed by atoms with E-state index in [-0.39, 0.29) is 54.0 Å². The second kappa shape index (κ2) is 13.7. The van der Waals surface area contributed by atoms with E-state index >= 15 is 0 Å². The first-order valence-corrected chi connectivity index (χ1v) is 18.1. The minimum atomic E-state index is -1.56. The van der Waals surface area contributed by atoms with Gasteiger partial charge in [-0.1, -0.05) is 41.5 Å². The molecule has 272 valence electrons. The van der Waals surface area contributed by atoms with E-state index in [1.165, 1.54) is 7.11 Å². The van der Waals surface area contributed by atoms with Crippen molar-refractivity contribution in [3.8, 4) is 0 Å². The minimum absolute atomic E-state index is 0.153. The second-order valence-corrected chi connectivity index (χ2v) is 16.3. The molecule has 4 N–H and O–H groups in total. The van der Waals surface area contributed by atoms with Gasteiger partial charge in [-0.25, -0.2) is 0 Å². The van der Waals surface area contributed by atoms with Gasteiger partial charge in [0.05, 0.1) is 66.5 Å². The number of aliphatic hydroxyl groups excluding tert-OH is 2. The van der Waals surface area contributed by atoms with Crippen LogP contribution in [0, 0.1) is 35.5 Å². The van der Waals surface area contributed by atoms with Crippen LogP contribution in [-0.2, 0) is 33.2 Å². The zero-order valence-corrected chi connectivity index (χ0v) is 30.0. The quantitative estimate of drug-likeness (QED) is 0.264. The molecule has 5 aliphatic rings. The number of ether oxygens (including phenoxy) is 6. The van der Waals surface area contributed by atoms with Gasteiger partial charge in [-0.15, -0.1) is 0 Å². The minimum Gasteiger partial charge on any atom is -0.481 e. The van der Waals surface area contributed by atoms with E-state index in [0.29, 0.717) is 19.3 Å². The Balaban J connectivity index is 1.29. The monoisotopic (exact) mass is 670 g/mol. The number of hydrogen-bond acceptors (Lipinski definition) is 10. The molecule has 5 rings (SSSR count). The summed E-state index contributed by atoms with van der Waals surface area (Å²) in [5.41, 5.74) is -1.15. The first kappa shape index (κ1) is 37.4. The molecule has 11 nitrogen and oxygen atoms in total. The van der Waals surface area contributed by atoms with Gasteiger partial charge in [-0.05, 0) is 64.2 Å². The summed E-state index contributed by atoms with van der Waals surface area (Å²) < 4.78 is 39.4. The highest BCUT2D eigenvalue weighted by Gasteiger charge is 2.62. The fourth-order valence-electron chi connectivity index (χ4n) is 9.91. The Kier molecular flexibility index (Phi) is 10.9. The van der Waals surface area contributed by atoms with E-state index in [1.54, 1.807) is 6.92 Å². The Morgan fingerprint density at radius 1 is 1.02 bits per heavy atom. The van der Waals surface area contributed by atoms with E-state index < -0.39 is 59.6 Å². The molecular weight excluding hydrogens is 608 g/mol. The third-order valence-corrected chi connectivity index (χ3v) is 13.0. The Bertz CT molecular complexity index is 1110. The second-order valence-electron chi connectivity index (χ2n) is 16.3. The maximum Gasteiger partial charge on any atom is 0.308 e. The summed E-state index contributed by atoms with van der Waals surface area (Å²) in [6.45, 7) is 15.6. The van der Waals surface area contributed by atoms with Gasteiger partial charge in [0.15, 0.2) is 11.6 Å². The fourth-order valence-corrected chi connectivity index (χ4v) is 9.91. The summed E-state index contributed by atoms with van der Waals surface area (Å²) in [6, 6.07) is 0. The van der Waals surface area contributed by atoms with Gasteiger partial charge in [0.25, 0.3) is 0 Å². The Labute approximate surface area is 281 Å². The van der Waals surface area contributed by atoms with Crippen molar-refractivity contribution in [3.63, 3.8) is 0 Å². The number of rotatable bonds is 10. The van der Waals surface area contributed by atoms with Gasteiger partial charge >= 0.3 is 5.97 Å². The van der Waals surface area contributed by atoms with Crippen molar-refractivity contribution in [2.45, 2.75) is 172 Å². The number of methoxy groups -OCH3 is 1. The van der Waals surface area contributed by atoms with Crippen LogP contribution >= 0.6 is 0 Å². The maximum atomic E-state index is 11.8. The van der Waals surface area contributed by atoms with Crippen molar-refractivity contribution < 1.29 is 53.6 Å². The first-order valence-electron chi connectivity index (χ1n) is 18.1. The molecule has 5 fully saturated rings. The summed E-state index contributed by atoms with van der Waals surface area (Å²) in [5.74, 6) is -4.52. The van der Waals surface area contributed by atoms with Crippen LogP contribution in [0.4, 0.5) is 0 Å². The van der Waals surface area contributed by atoms with Crippen LogP contribution in [0.25, 0.3) is 0 Å². The highest BCUT2D eigenvalue weighted by molar-refractivity contribution is 5.70. The molecule has 0 bridgehead atoms. The molecule has 47 heavy (non-hydrogen) atoms. The lowest BCUT2D eigenvalue weighted by Gasteiger charge is -2.49. The van der Waals surface area contributed by atoms with Gasteiger partial charge in [0, 0.05) is 37.7 Å². The molecule has 0 aromatic carbocycles. The normalized spacial score (nSPS) is 50.9. The molecule has 0 aliphatic carbocycles. The predicted molar refractivity (Wildman–Crippen MR) is 172 cm³/mol. The Hall–Kier alpha value is -0.890. The smallest absolute Gasteiger partial charge is 0.308 e. The van der Waals surface area contributed by atoms with Crippen molar-refractivity contribution in [1.29, 1.82) is 0 Å². The Morgan fingerprint density at radius 2 is 1.72 bits per heavy atom. The molecule has 0 saturated carbocycles. The number of aliphatic carboxylic acids is 1. The molecular formula is C36H62O11. The molecule has 1 spiro atoms. The van der Waals surface area contributed by atoms with Crippen LogP contribution in [0.15, 0.2) is 0 Å². The largest absolute Gasteiger partial charge is 0.481 e. The van der Waals surface area contributed by atoms with E-state index in [9.17, 15) is 25.2 Å². The molecule has 0 amide bonds. The summed E-state index contributed by atoms with van der Waals surface area (Å²) in [5, 5.41) is 41.8. The maximum absolute atomic E-state index is 11.8. The van der Waals surface area contributed by atoms with Crippen LogP contribution in [0.3, 0.4) is 0 Å². The van der Waals surface area contributed by atoms with E-state index in [2.05, 4.69) is 27.7 Å². The van der Waals surface area contributed by atoms with Crippen molar-refractivity contribution in [1.82, 2.24) is 0 Å². The van der Waals surface area contributed by atoms with Crippen molar-refractivity contribution in [2.75, 3.05) is 13.7 Å². The van der Waals surface area contributed by atoms with Crippen molar-refractivity contribution >= 4 is 5.97 Å². The molecule has 17 atom stereocenters. The number of carboxylic acids is 1.